The number of imidazole rings is 1. The average Bonchev–Trinajstić information content (AvgIpc) is 3.35. The van der Waals surface area contributed by atoms with E-state index in [1.807, 2.05) is 0 Å². The lowest BCUT2D eigenvalue weighted by Crippen LogP contribution is -2.38. The summed E-state index contributed by atoms with van der Waals surface area (Å²) < 4.78 is 47.2. The van der Waals surface area contributed by atoms with Gasteiger partial charge < -0.3 is 24.7 Å². The summed E-state index contributed by atoms with van der Waals surface area (Å²) in [6.45, 7) is 3.96. The van der Waals surface area contributed by atoms with Crippen LogP contribution in [-0.4, -0.2) is 74.1 Å². The Labute approximate surface area is 249 Å². The first kappa shape index (κ1) is 31.2. The van der Waals surface area contributed by atoms with E-state index in [2.05, 4.69) is 53.9 Å². The number of aliphatic hydroxyl groups is 1. The van der Waals surface area contributed by atoms with Crippen LogP contribution in [0.3, 0.4) is 0 Å². The predicted octanol–water partition coefficient (Wildman–Crippen LogP) is 6.17. The van der Waals surface area contributed by atoms with Crippen LogP contribution in [0, 0.1) is 5.92 Å². The molecule has 12 heteroatoms. The maximum absolute atomic E-state index is 13.0. The maximum Gasteiger partial charge on any atom is 0.416 e. The highest BCUT2D eigenvalue weighted by Crippen LogP contribution is 2.38. The van der Waals surface area contributed by atoms with E-state index in [0.717, 1.165) is 87.1 Å². The van der Waals surface area contributed by atoms with Crippen molar-refractivity contribution in [1.82, 2.24) is 29.4 Å². The zero-order valence-electron chi connectivity index (χ0n) is 25.1. The molecule has 4 aromatic rings. The first-order valence-electron chi connectivity index (χ1n) is 15.1. The van der Waals surface area contributed by atoms with Crippen LogP contribution in [0.4, 0.5) is 19.0 Å². The zero-order chi connectivity index (χ0) is 30.6. The number of aromatic amines is 1. The van der Waals surface area contributed by atoms with Gasteiger partial charge in [0.05, 0.1) is 22.0 Å². The number of methoxy groups -OCH3 is 1. The fourth-order valence-electron chi connectivity index (χ4n) is 6.14. The normalized spacial score (nSPS) is 19.6. The number of halogens is 3. The van der Waals surface area contributed by atoms with Crippen LogP contribution in [0.15, 0.2) is 36.8 Å². The van der Waals surface area contributed by atoms with Gasteiger partial charge in [0.25, 0.3) is 0 Å². The molecule has 6 rings (SSSR count). The molecule has 234 valence electrons. The standard InChI is InChI=1S/C30H38F3N7O.CH4O/c1-19(41-2)39(13-4-3-5-27-37-25-11-7-21(30(31,32)33)16-26(25)38-27)17-20-6-10-23(15-20)40-14-12-24-28(36-22-8-9-22)34-18-35-29(24)40;1-2/h7,11-12,14,16,18-20,22-23H,3-6,8-10,13,15,17H2,1-2H3,(H,37,38)(H,34,35,36);2H,1H3/t19?,20-,23+;/m1./s1. The van der Waals surface area contributed by atoms with Gasteiger partial charge in [0.1, 0.15) is 29.8 Å². The van der Waals surface area contributed by atoms with Crippen LogP contribution in [0.2, 0.25) is 0 Å². The Kier molecular flexibility index (Phi) is 9.88. The van der Waals surface area contributed by atoms with Gasteiger partial charge in [-0.25, -0.2) is 15.0 Å². The molecule has 3 heterocycles. The molecule has 2 saturated carbocycles. The molecule has 3 atom stereocenters. The lowest BCUT2D eigenvalue weighted by molar-refractivity contribution is -0.137. The fourth-order valence-corrected chi connectivity index (χ4v) is 6.14. The number of nitrogens with one attached hydrogen (secondary N) is 2. The summed E-state index contributed by atoms with van der Waals surface area (Å²) in [7, 11) is 2.75. The minimum absolute atomic E-state index is 0.0113. The van der Waals surface area contributed by atoms with Gasteiger partial charge in [0.2, 0.25) is 0 Å². The Morgan fingerprint density at radius 3 is 2.70 bits per heavy atom. The topological polar surface area (TPSA) is 104 Å². The van der Waals surface area contributed by atoms with E-state index in [1.165, 1.54) is 18.9 Å². The van der Waals surface area contributed by atoms with Gasteiger partial charge in [-0.15, -0.1) is 0 Å². The molecular formula is C31H42F3N7O2. The molecule has 0 aliphatic heterocycles. The number of ether oxygens (including phenoxy) is 1. The van der Waals surface area contributed by atoms with Gasteiger partial charge in [0, 0.05) is 52.0 Å². The molecule has 0 bridgehead atoms. The molecule has 43 heavy (non-hydrogen) atoms. The number of aryl methyl sites for hydroxylation is 1. The molecular weight excluding hydrogens is 559 g/mol. The second-order valence-corrected chi connectivity index (χ2v) is 11.6. The van der Waals surface area contributed by atoms with Gasteiger partial charge in [-0.05, 0) is 82.1 Å². The van der Waals surface area contributed by atoms with E-state index < -0.39 is 11.7 Å². The van der Waals surface area contributed by atoms with Crippen molar-refractivity contribution in [3.8, 4) is 0 Å². The average molecular weight is 602 g/mol. The lowest BCUT2D eigenvalue weighted by Gasteiger charge is -2.30. The minimum atomic E-state index is -4.36. The highest BCUT2D eigenvalue weighted by Gasteiger charge is 2.31. The summed E-state index contributed by atoms with van der Waals surface area (Å²) in [6.07, 6.45) is 7.82. The van der Waals surface area contributed by atoms with Crippen LogP contribution in [0.5, 0.6) is 0 Å². The number of unbranched alkanes of at least 4 members (excludes halogenated alkanes) is 1. The van der Waals surface area contributed by atoms with Crippen molar-refractivity contribution in [1.29, 1.82) is 0 Å². The second-order valence-electron chi connectivity index (χ2n) is 11.6. The van der Waals surface area contributed by atoms with Gasteiger partial charge in [-0.2, -0.15) is 13.2 Å². The Bertz CT molecular complexity index is 1480. The summed E-state index contributed by atoms with van der Waals surface area (Å²) in [5.74, 6) is 2.24. The monoisotopic (exact) mass is 601 g/mol. The Hall–Kier alpha value is -3.22. The van der Waals surface area contributed by atoms with Crippen molar-refractivity contribution in [3.05, 3.63) is 48.2 Å². The molecule has 3 N–H and O–H groups in total. The third kappa shape index (κ3) is 7.47. The third-order valence-electron chi connectivity index (χ3n) is 8.65. The van der Waals surface area contributed by atoms with Crippen molar-refractivity contribution < 1.29 is 23.0 Å². The molecule has 2 aliphatic carbocycles. The molecule has 9 nitrogen and oxygen atoms in total. The number of aromatic nitrogens is 5. The molecule has 2 fully saturated rings. The van der Waals surface area contributed by atoms with Crippen molar-refractivity contribution in [2.24, 2.45) is 5.92 Å². The fraction of sp³-hybridized carbons (Fsp3) is 0.581. The number of H-pyrrole nitrogens is 1. The van der Waals surface area contributed by atoms with Crippen LogP contribution in [0.1, 0.15) is 69.3 Å². The van der Waals surface area contributed by atoms with E-state index in [-0.39, 0.29) is 6.23 Å². The largest absolute Gasteiger partial charge is 0.416 e. The third-order valence-corrected chi connectivity index (χ3v) is 8.65. The van der Waals surface area contributed by atoms with E-state index >= 15 is 0 Å². The quantitative estimate of drug-likeness (QED) is 0.132. The zero-order valence-corrected chi connectivity index (χ0v) is 25.1. The summed E-state index contributed by atoms with van der Waals surface area (Å²) in [6, 6.07) is 6.77. The van der Waals surface area contributed by atoms with Gasteiger partial charge in [-0.3, -0.25) is 4.90 Å². The highest BCUT2D eigenvalue weighted by atomic mass is 19.4. The van der Waals surface area contributed by atoms with E-state index in [9.17, 15) is 13.2 Å². The van der Waals surface area contributed by atoms with E-state index in [0.29, 0.717) is 35.5 Å². The number of alkyl halides is 3. The molecule has 0 spiro atoms. The van der Waals surface area contributed by atoms with Gasteiger partial charge in [0.15, 0.2) is 0 Å². The Morgan fingerprint density at radius 2 is 1.95 bits per heavy atom. The molecule has 0 saturated heterocycles. The van der Waals surface area contributed by atoms with E-state index in [4.69, 9.17) is 9.84 Å². The minimum Gasteiger partial charge on any atom is -0.400 e. The number of nitrogens with zero attached hydrogens (tertiary/aromatic N) is 5. The van der Waals surface area contributed by atoms with Crippen molar-refractivity contribution in [2.45, 2.75) is 82.8 Å². The molecule has 1 aromatic carbocycles. The number of rotatable bonds is 12. The molecule has 1 unspecified atom stereocenters. The summed E-state index contributed by atoms with van der Waals surface area (Å²) in [5.41, 5.74) is 1.34. The summed E-state index contributed by atoms with van der Waals surface area (Å²) in [4.78, 5) is 19.1. The predicted molar refractivity (Wildman–Crippen MR) is 161 cm³/mol. The number of fused-ring (bicyclic) bond motifs is 2. The maximum atomic E-state index is 13.0. The van der Waals surface area contributed by atoms with Crippen LogP contribution in [-0.2, 0) is 17.3 Å². The van der Waals surface area contributed by atoms with Crippen LogP contribution < -0.4 is 5.32 Å². The smallest absolute Gasteiger partial charge is 0.400 e. The van der Waals surface area contributed by atoms with Crippen molar-refractivity contribution >= 4 is 27.9 Å². The molecule has 3 aromatic heterocycles. The Balaban J connectivity index is 0.00000180. The Morgan fingerprint density at radius 1 is 1.14 bits per heavy atom. The van der Waals surface area contributed by atoms with E-state index in [1.54, 1.807) is 13.4 Å². The van der Waals surface area contributed by atoms with Gasteiger partial charge >= 0.3 is 6.18 Å². The summed E-state index contributed by atoms with van der Waals surface area (Å²) >= 11 is 0. The SMILES string of the molecule is CO.COC(C)N(CCCCc1nc2ccc(C(F)(F)F)cc2[nH]1)C[C@@H]1CC[C@H](n2ccc3c(NC4CC4)ncnc32)C1. The highest BCUT2D eigenvalue weighted by molar-refractivity contribution is 5.87. The first-order chi connectivity index (χ1) is 20.8. The number of aliphatic hydroxyl groups excluding tert-OH is 1. The molecule has 0 radical (unpaired) electrons. The van der Waals surface area contributed by atoms with Crippen molar-refractivity contribution in [3.63, 3.8) is 0 Å². The second kappa shape index (κ2) is 13.6. The van der Waals surface area contributed by atoms with Crippen LogP contribution >= 0.6 is 0 Å². The van der Waals surface area contributed by atoms with Gasteiger partial charge in [-0.1, -0.05) is 0 Å². The van der Waals surface area contributed by atoms with Crippen molar-refractivity contribution in [2.75, 3.05) is 32.6 Å². The number of anilines is 1. The number of hydrogen-bond donors (Lipinski definition) is 3. The first-order valence-corrected chi connectivity index (χ1v) is 15.1. The number of hydrogen-bond acceptors (Lipinski definition) is 7. The van der Waals surface area contributed by atoms with Crippen LogP contribution in [0.25, 0.3) is 22.1 Å². The lowest BCUT2D eigenvalue weighted by atomic mass is 10.1. The summed E-state index contributed by atoms with van der Waals surface area (Å²) in [5, 5.41) is 11.6. The molecule has 2 aliphatic rings. The number of benzene rings is 1. The molecule has 0 amide bonds.